The van der Waals surface area contributed by atoms with Crippen LogP contribution >= 0.6 is 56.7 Å². The molecule has 0 radical (unpaired) electrons. The van der Waals surface area contributed by atoms with Gasteiger partial charge in [0.15, 0.2) is 11.6 Å². The average Bonchev–Trinajstić information content (AvgIpc) is 1.49. The van der Waals surface area contributed by atoms with Crippen molar-refractivity contribution in [1.29, 1.82) is 15.8 Å². The number of aryl methyl sites for hydroxylation is 4. The van der Waals surface area contributed by atoms with E-state index in [-0.39, 0.29) is 22.8 Å². The van der Waals surface area contributed by atoms with Crippen LogP contribution in [0.1, 0.15) is 290 Å². The quantitative estimate of drug-likeness (QED) is 0.0173. The summed E-state index contributed by atoms with van der Waals surface area (Å²) in [5, 5.41) is 31.6. The van der Waals surface area contributed by atoms with E-state index in [0.717, 1.165) is 70.9 Å². The Balaban J connectivity index is 0.967. The van der Waals surface area contributed by atoms with Gasteiger partial charge in [0.2, 0.25) is 0 Å². The predicted octanol–water partition coefficient (Wildman–Crippen LogP) is 29.2. The Morgan fingerprint density at radius 1 is 0.369 bits per heavy atom. The van der Waals surface area contributed by atoms with E-state index in [0.29, 0.717) is 44.5 Å². The van der Waals surface area contributed by atoms with E-state index in [9.17, 15) is 25.4 Å². The molecule has 0 spiro atoms. The fourth-order valence-corrected chi connectivity index (χ4v) is 25.5. The molecule has 558 valence electrons. The molecule has 15 rings (SSSR count). The molecular weight excluding hydrogens is 1450 g/mol. The van der Waals surface area contributed by atoms with Crippen molar-refractivity contribution in [3.05, 3.63) is 290 Å². The number of carbonyl (C=O) groups excluding carboxylic acids is 2. The lowest BCUT2D eigenvalue weighted by molar-refractivity contribution is 0.103. The summed E-state index contributed by atoms with van der Waals surface area (Å²) >= 11 is 9.16. The van der Waals surface area contributed by atoms with Crippen LogP contribution in [-0.2, 0) is 36.5 Å². The molecule has 6 aromatic carbocycles. The maximum Gasteiger partial charge on any atom is 0.270 e. The number of nitrogens with zero attached hydrogens (tertiary/aromatic N) is 4. The predicted molar refractivity (Wildman–Crippen MR) is 469 cm³/mol. The van der Waals surface area contributed by atoms with Crippen LogP contribution < -0.4 is 0 Å². The molecule has 0 saturated heterocycles. The maximum atomic E-state index is 14.8. The second-order valence-electron chi connectivity index (χ2n) is 31.0. The summed E-state index contributed by atoms with van der Waals surface area (Å²) in [7, 11) is 0. The monoisotopic (exact) mass is 1540 g/mol. The Bertz CT molecular complexity index is 5130. The summed E-state index contributed by atoms with van der Waals surface area (Å²) in [5.41, 5.74) is 17.0. The number of benzene rings is 6. The highest BCUT2D eigenvalue weighted by atomic mass is 32.1. The standard InChI is InChI=1S/C100H96N4O2S5/c1-6-10-14-18-22-26-34-65-42-50-70(51-43-65)99(71-52-44-66(45-53-71)35-27-23-19-15-11-7-2)82-60-74(58-80-85(69(62-101)63-102)76-38-30-32-40-78(76)89(80)105)107-91(82)93-87(99)95-97(110-93)98-96(109-95)88-94(111-98)92-83(61-75(108-92)59-81-86(84(64-103)104-5)77-39-31-33-41-79(77)90(81)106)100(88,72-54-46-67(47-55-72)36-28-24-20-16-12-8-3)73-56-48-68(49-57-73)37-29-25-21-17-13-9-4/h30-33,38-61H,6-29,34-37H2,1-4H3/b80-58-,81-59-,86-84+. The van der Waals surface area contributed by atoms with Crippen LogP contribution in [0, 0.1) is 40.6 Å². The smallest absolute Gasteiger partial charge is 0.270 e. The van der Waals surface area contributed by atoms with Gasteiger partial charge in [-0.05, 0) is 142 Å². The van der Waals surface area contributed by atoms with Gasteiger partial charge in [0.25, 0.3) is 5.70 Å². The zero-order valence-corrected chi connectivity index (χ0v) is 68.7. The van der Waals surface area contributed by atoms with Crippen molar-refractivity contribution < 1.29 is 9.59 Å². The number of thiophene rings is 5. The number of carbonyl (C=O) groups is 2. The van der Waals surface area contributed by atoms with E-state index in [1.807, 2.05) is 88.6 Å². The molecule has 11 aromatic rings. The molecule has 0 amide bonds. The number of Topliss-reactive ketones (excluding diaryl/α,β-unsaturated/α-hetero) is 2. The van der Waals surface area contributed by atoms with E-state index < -0.39 is 10.8 Å². The normalized spacial score (nSPS) is 15.2. The summed E-state index contributed by atoms with van der Waals surface area (Å²) in [4.78, 5) is 39.9. The Kier molecular flexibility index (Phi) is 24.1. The highest BCUT2D eigenvalue weighted by molar-refractivity contribution is 7.41. The fourth-order valence-electron chi connectivity index (χ4n) is 18.2. The minimum absolute atomic E-state index is 0.0762. The van der Waals surface area contributed by atoms with Gasteiger partial charge in [-0.1, -0.05) is 302 Å². The van der Waals surface area contributed by atoms with Crippen molar-refractivity contribution >= 4 is 110 Å². The van der Waals surface area contributed by atoms with Gasteiger partial charge in [-0.15, -0.1) is 56.7 Å². The Morgan fingerprint density at radius 3 is 1.01 bits per heavy atom. The van der Waals surface area contributed by atoms with E-state index in [1.165, 1.54) is 224 Å². The molecule has 111 heavy (non-hydrogen) atoms. The molecule has 0 unspecified atom stereocenters. The summed E-state index contributed by atoms with van der Waals surface area (Å²) in [6, 6.07) is 64.5. The lowest BCUT2D eigenvalue weighted by Gasteiger charge is -2.33. The number of hydrogen-bond acceptors (Lipinski definition) is 10. The molecule has 0 bridgehead atoms. The van der Waals surface area contributed by atoms with E-state index in [2.05, 4.69) is 160 Å². The molecule has 6 nitrogen and oxygen atoms in total. The van der Waals surface area contributed by atoms with Crippen LogP contribution in [0.2, 0.25) is 0 Å². The van der Waals surface area contributed by atoms with Crippen molar-refractivity contribution in [2.45, 2.75) is 218 Å². The maximum absolute atomic E-state index is 14.8. The van der Waals surface area contributed by atoms with Crippen LogP contribution in [-0.4, -0.2) is 11.6 Å². The lowest BCUT2D eigenvalue weighted by atomic mass is 9.68. The number of nitriles is 3. The average molecular weight is 1550 g/mol. The van der Waals surface area contributed by atoms with E-state index in [1.54, 1.807) is 28.7 Å². The first kappa shape index (κ1) is 76.9. The van der Waals surface area contributed by atoms with Crippen molar-refractivity contribution in [3.63, 3.8) is 0 Å². The molecule has 0 N–H and O–H groups in total. The zero-order valence-electron chi connectivity index (χ0n) is 64.6. The van der Waals surface area contributed by atoms with Crippen LogP contribution in [0.3, 0.4) is 0 Å². The first-order valence-electron chi connectivity index (χ1n) is 41.1. The van der Waals surface area contributed by atoms with E-state index >= 15 is 0 Å². The summed E-state index contributed by atoms with van der Waals surface area (Å²) in [6.07, 6.45) is 37.5. The number of rotatable bonds is 34. The van der Waals surface area contributed by atoms with Crippen LogP contribution in [0.25, 0.3) is 66.5 Å². The molecule has 0 fully saturated rings. The van der Waals surface area contributed by atoms with Crippen molar-refractivity contribution in [2.24, 2.45) is 0 Å². The summed E-state index contributed by atoms with van der Waals surface area (Å²) in [6.45, 7) is 17.3. The Labute approximate surface area is 676 Å². The molecule has 11 heteroatoms. The first-order chi connectivity index (χ1) is 54.6. The molecular formula is C100H96N4O2S5. The highest BCUT2D eigenvalue weighted by Crippen LogP contribution is 2.70. The minimum atomic E-state index is -0.811. The molecule has 0 atom stereocenters. The van der Waals surface area contributed by atoms with Gasteiger partial charge in [0, 0.05) is 54.3 Å². The van der Waals surface area contributed by atoms with Gasteiger partial charge < -0.3 is 0 Å². The second-order valence-corrected chi connectivity index (χ2v) is 36.2. The summed E-state index contributed by atoms with van der Waals surface area (Å²) < 4.78 is 5.07. The SMILES string of the molecule is [C-]#[N+]/C(C#N)=C1/C(=C/c2cc3c(s2)-c2sc4c(sc5c6c(sc54)-c4sc(/C=C5\C(=O)c7ccccc7C5=C(C#N)C#N)cc4C6(c4ccc(CCCCCCCC)cc4)c4ccc(CCCCCCCC)cc4)c2C3(c2ccc(CCCCCCCC)cc2)c2ccc(CCCCCCCC)cc2)C(=O)c2ccccc21. The molecule has 5 aromatic heterocycles. The third kappa shape index (κ3) is 14.4. The van der Waals surface area contributed by atoms with Gasteiger partial charge in [-0.3, -0.25) is 9.59 Å². The lowest BCUT2D eigenvalue weighted by Crippen LogP contribution is -2.28. The highest BCUT2D eigenvalue weighted by Gasteiger charge is 2.54. The number of fused-ring (bicyclic) bond motifs is 13. The molecule has 4 aliphatic rings. The Hall–Kier alpha value is -9.40. The van der Waals surface area contributed by atoms with Gasteiger partial charge >= 0.3 is 0 Å². The second kappa shape index (κ2) is 34.7. The fraction of sp³-hybridized carbons (Fsp3) is 0.340. The van der Waals surface area contributed by atoms with Gasteiger partial charge in [-0.2, -0.15) is 10.5 Å². The van der Waals surface area contributed by atoms with Crippen LogP contribution in [0.5, 0.6) is 0 Å². The number of allylic oxidation sites excluding steroid dienone is 6. The number of unbranched alkanes of at least 4 members (excludes halogenated alkanes) is 20. The number of hydrogen-bond donors (Lipinski definition) is 0. The minimum Gasteiger partial charge on any atom is -0.289 e. The van der Waals surface area contributed by atoms with E-state index in [4.69, 9.17) is 6.57 Å². The molecule has 5 heterocycles. The molecule has 4 aliphatic carbocycles. The largest absolute Gasteiger partial charge is 0.289 e. The first-order valence-corrected chi connectivity index (χ1v) is 45.1. The summed E-state index contributed by atoms with van der Waals surface area (Å²) in [5.74, 6) is -0.373. The van der Waals surface area contributed by atoms with Gasteiger partial charge in [-0.25, -0.2) is 10.1 Å². The van der Waals surface area contributed by atoms with Crippen molar-refractivity contribution in [1.82, 2.24) is 0 Å². The van der Waals surface area contributed by atoms with Crippen molar-refractivity contribution in [2.75, 3.05) is 0 Å². The third-order valence-corrected chi connectivity index (χ3v) is 30.4. The van der Waals surface area contributed by atoms with Gasteiger partial charge in [0.05, 0.1) is 61.8 Å². The molecule has 0 saturated carbocycles. The molecule has 0 aliphatic heterocycles. The van der Waals surface area contributed by atoms with Crippen molar-refractivity contribution in [3.8, 4) is 37.7 Å². The third-order valence-electron chi connectivity index (χ3n) is 23.8. The zero-order chi connectivity index (χ0) is 76.6. The Morgan fingerprint density at radius 2 is 0.685 bits per heavy atom. The van der Waals surface area contributed by atoms with Crippen LogP contribution in [0.15, 0.2) is 180 Å². The van der Waals surface area contributed by atoms with Crippen LogP contribution in [0.4, 0.5) is 0 Å². The van der Waals surface area contributed by atoms with Gasteiger partial charge in [0.1, 0.15) is 17.7 Å². The number of ketones is 2. The topological polar surface area (TPSA) is 110 Å².